The topological polar surface area (TPSA) is 167 Å². The van der Waals surface area contributed by atoms with Crippen LogP contribution in [0.1, 0.15) is 17.5 Å². The van der Waals surface area contributed by atoms with Crippen LogP contribution in [0.15, 0.2) is 12.4 Å². The molecule has 9 heteroatoms. The first-order valence-electron chi connectivity index (χ1n) is 6.33. The van der Waals surface area contributed by atoms with Crippen molar-refractivity contribution in [3.63, 3.8) is 0 Å². The summed E-state index contributed by atoms with van der Waals surface area (Å²) < 4.78 is 0. The van der Waals surface area contributed by atoms with Crippen LogP contribution in [-0.2, 0) is 6.42 Å². The van der Waals surface area contributed by atoms with Gasteiger partial charge in [0.05, 0.1) is 36.9 Å². The van der Waals surface area contributed by atoms with E-state index in [9.17, 15) is 25.5 Å². The monoisotopic (exact) mass is 304 g/mol. The van der Waals surface area contributed by atoms with Gasteiger partial charge in [-0.1, -0.05) is 0 Å². The maximum atomic E-state index is 9.74. The van der Waals surface area contributed by atoms with E-state index in [4.69, 9.17) is 10.2 Å². The summed E-state index contributed by atoms with van der Waals surface area (Å²) in [4.78, 5) is 7.73. The molecule has 1 aromatic heterocycles. The molecule has 1 rings (SSSR count). The van der Waals surface area contributed by atoms with Gasteiger partial charge >= 0.3 is 0 Å². The zero-order chi connectivity index (χ0) is 16.0. The lowest BCUT2D eigenvalue weighted by atomic mass is 10.1. The summed E-state index contributed by atoms with van der Waals surface area (Å²) in [5, 5.41) is 64.6. The Kier molecular flexibility index (Phi) is 7.05. The van der Waals surface area contributed by atoms with Gasteiger partial charge in [-0.25, -0.2) is 0 Å². The quantitative estimate of drug-likeness (QED) is 0.257. The largest absolute Gasteiger partial charge is 0.394 e. The number of hydrogen-bond acceptors (Lipinski definition) is 9. The van der Waals surface area contributed by atoms with Crippen LogP contribution < -0.4 is 0 Å². The van der Waals surface area contributed by atoms with Crippen molar-refractivity contribution in [1.82, 2.24) is 9.97 Å². The highest BCUT2D eigenvalue weighted by Crippen LogP contribution is 2.16. The molecule has 0 aliphatic rings. The molecule has 0 aliphatic heterocycles. The fourth-order valence-electron chi connectivity index (χ4n) is 1.59. The summed E-state index contributed by atoms with van der Waals surface area (Å²) >= 11 is 0. The Balaban J connectivity index is 2.69. The van der Waals surface area contributed by atoms with Gasteiger partial charge in [0.25, 0.3) is 0 Å². The summed E-state index contributed by atoms with van der Waals surface area (Å²) in [6, 6.07) is 0. The number of hydrogen-bond donors (Lipinski definition) is 7. The maximum Gasteiger partial charge on any atom is 0.126 e. The van der Waals surface area contributed by atoms with Gasteiger partial charge in [0.2, 0.25) is 0 Å². The van der Waals surface area contributed by atoms with Crippen LogP contribution >= 0.6 is 0 Å². The van der Waals surface area contributed by atoms with Gasteiger partial charge in [-0.3, -0.25) is 9.97 Å². The van der Waals surface area contributed by atoms with Crippen molar-refractivity contribution in [3.8, 4) is 0 Å². The minimum Gasteiger partial charge on any atom is -0.394 e. The van der Waals surface area contributed by atoms with Crippen molar-refractivity contribution >= 4 is 0 Å². The highest BCUT2D eigenvalue weighted by Gasteiger charge is 2.26. The molecule has 21 heavy (non-hydrogen) atoms. The van der Waals surface area contributed by atoms with Crippen LogP contribution in [0, 0.1) is 0 Å². The molecule has 0 fully saturated rings. The van der Waals surface area contributed by atoms with Crippen LogP contribution in [0.3, 0.4) is 0 Å². The smallest absolute Gasteiger partial charge is 0.126 e. The Morgan fingerprint density at radius 3 is 1.90 bits per heavy atom. The summed E-state index contributed by atoms with van der Waals surface area (Å²) in [6.45, 7) is -1.30. The third-order valence-electron chi connectivity index (χ3n) is 2.98. The number of rotatable bonds is 8. The molecular weight excluding hydrogens is 284 g/mol. The van der Waals surface area contributed by atoms with E-state index in [2.05, 4.69) is 9.97 Å². The second-order valence-electron chi connectivity index (χ2n) is 4.64. The van der Waals surface area contributed by atoms with E-state index in [0.29, 0.717) is 5.69 Å². The fourth-order valence-corrected chi connectivity index (χ4v) is 1.59. The molecule has 0 saturated heterocycles. The molecule has 0 radical (unpaired) electrons. The normalized spacial score (nSPS) is 18.8. The number of aliphatic hydroxyl groups is 7. The molecule has 0 aliphatic carbocycles. The third-order valence-corrected chi connectivity index (χ3v) is 2.98. The zero-order valence-electron chi connectivity index (χ0n) is 11.2. The molecule has 0 aromatic carbocycles. The van der Waals surface area contributed by atoms with Crippen molar-refractivity contribution in [2.24, 2.45) is 0 Å². The molecule has 0 bridgehead atoms. The maximum absolute atomic E-state index is 9.74. The van der Waals surface area contributed by atoms with E-state index in [1.54, 1.807) is 0 Å². The Morgan fingerprint density at radius 2 is 1.43 bits per heavy atom. The lowest BCUT2D eigenvalue weighted by Gasteiger charge is -2.21. The van der Waals surface area contributed by atoms with Gasteiger partial charge in [-0.05, 0) is 0 Å². The van der Waals surface area contributed by atoms with Crippen molar-refractivity contribution in [3.05, 3.63) is 23.8 Å². The Bertz CT molecular complexity index is 417. The Labute approximate surface area is 120 Å². The van der Waals surface area contributed by atoms with Crippen molar-refractivity contribution in [2.75, 3.05) is 13.2 Å². The van der Waals surface area contributed by atoms with Crippen LogP contribution in [-0.4, -0.2) is 83.3 Å². The predicted octanol–water partition coefficient (Wildman–Crippen LogP) is -3.52. The minimum absolute atomic E-state index is 0.0176. The van der Waals surface area contributed by atoms with Gasteiger partial charge in [0.15, 0.2) is 0 Å². The fraction of sp³-hybridized carbons (Fsp3) is 0.667. The van der Waals surface area contributed by atoms with Gasteiger partial charge in [-0.2, -0.15) is 0 Å². The van der Waals surface area contributed by atoms with Crippen molar-refractivity contribution < 1.29 is 35.7 Å². The molecule has 0 unspecified atom stereocenters. The third kappa shape index (κ3) is 4.93. The molecule has 9 nitrogen and oxygen atoms in total. The van der Waals surface area contributed by atoms with E-state index >= 15 is 0 Å². The predicted molar refractivity (Wildman–Crippen MR) is 68.9 cm³/mol. The number of aliphatic hydroxyl groups excluding tert-OH is 7. The van der Waals surface area contributed by atoms with E-state index in [1.165, 1.54) is 6.20 Å². The summed E-state index contributed by atoms with van der Waals surface area (Å²) in [5.41, 5.74) is 0.291. The van der Waals surface area contributed by atoms with E-state index in [1.807, 2.05) is 0 Å². The molecule has 1 aromatic rings. The van der Waals surface area contributed by atoms with Gasteiger partial charge < -0.3 is 35.7 Å². The van der Waals surface area contributed by atoms with Crippen molar-refractivity contribution in [1.29, 1.82) is 0 Å². The molecule has 7 N–H and O–H groups in total. The Hall–Kier alpha value is -1.20. The molecular formula is C12H20N2O7. The SMILES string of the molecule is OC[C@@H](O)[C@@H](O)[C@H](O)c1cnc(C[C@@H](O)[C@@H](O)CO)cn1. The van der Waals surface area contributed by atoms with Gasteiger partial charge in [0, 0.05) is 12.6 Å². The van der Waals surface area contributed by atoms with E-state index in [-0.39, 0.29) is 12.1 Å². The first-order valence-corrected chi connectivity index (χ1v) is 6.33. The van der Waals surface area contributed by atoms with Crippen molar-refractivity contribution in [2.45, 2.75) is 36.9 Å². The highest BCUT2D eigenvalue weighted by atomic mass is 16.4. The molecule has 1 heterocycles. The Morgan fingerprint density at radius 1 is 0.810 bits per heavy atom. The average molecular weight is 304 g/mol. The van der Waals surface area contributed by atoms with Gasteiger partial charge in [-0.15, -0.1) is 0 Å². The lowest BCUT2D eigenvalue weighted by molar-refractivity contribution is -0.0790. The molecule has 120 valence electrons. The number of nitrogens with zero attached hydrogens (tertiary/aromatic N) is 2. The summed E-state index contributed by atoms with van der Waals surface area (Å²) in [5.74, 6) is 0. The minimum atomic E-state index is -1.61. The van der Waals surface area contributed by atoms with Gasteiger partial charge in [0.1, 0.15) is 24.4 Å². The summed E-state index contributed by atoms with van der Waals surface area (Å²) in [6.07, 6.45) is -4.83. The second-order valence-corrected chi connectivity index (χ2v) is 4.64. The standard InChI is InChI=1S/C12H20N2O7/c15-4-9(18)8(17)1-6-2-14-7(3-13-6)11(20)12(21)10(19)5-16/h2-3,8-12,15-21H,1,4-5H2/t8-,9+,10-,11-,12-/m1/s1. The second kappa shape index (κ2) is 8.29. The van der Waals surface area contributed by atoms with E-state index in [0.717, 1.165) is 6.20 Å². The van der Waals surface area contributed by atoms with Crippen LogP contribution in [0.2, 0.25) is 0 Å². The molecule has 0 saturated carbocycles. The summed E-state index contributed by atoms with van der Waals surface area (Å²) in [7, 11) is 0. The molecule has 0 spiro atoms. The zero-order valence-corrected chi connectivity index (χ0v) is 11.2. The number of aromatic nitrogens is 2. The van der Waals surface area contributed by atoms with Crippen LogP contribution in [0.4, 0.5) is 0 Å². The lowest BCUT2D eigenvalue weighted by Crippen LogP contribution is -2.35. The average Bonchev–Trinajstić information content (AvgIpc) is 2.52. The highest BCUT2D eigenvalue weighted by molar-refractivity contribution is 5.08. The van der Waals surface area contributed by atoms with Crippen LogP contribution in [0.5, 0.6) is 0 Å². The van der Waals surface area contributed by atoms with Crippen LogP contribution in [0.25, 0.3) is 0 Å². The first kappa shape index (κ1) is 17.9. The molecule has 5 atom stereocenters. The molecule has 0 amide bonds. The van der Waals surface area contributed by atoms with E-state index < -0.39 is 43.7 Å². The first-order chi connectivity index (χ1) is 9.90.